The van der Waals surface area contributed by atoms with Crippen molar-refractivity contribution in [1.82, 2.24) is 14.6 Å². The maximum absolute atomic E-state index is 13.7. The Bertz CT molecular complexity index is 1350. The number of hydrogen-bond donors (Lipinski definition) is 2. The molecule has 2 aromatic carbocycles. The lowest BCUT2D eigenvalue weighted by atomic mass is 10.1. The van der Waals surface area contributed by atoms with Crippen molar-refractivity contribution in [2.45, 2.75) is 19.6 Å². The van der Waals surface area contributed by atoms with Crippen LogP contribution < -0.4 is 16.2 Å². The number of rotatable bonds is 5. The largest absolute Gasteiger partial charge is 0.418 e. The minimum Gasteiger partial charge on any atom is -0.379 e. The van der Waals surface area contributed by atoms with Crippen LogP contribution in [-0.4, -0.2) is 20.5 Å². The minimum absolute atomic E-state index is 0.00894. The van der Waals surface area contributed by atoms with Gasteiger partial charge in [-0.1, -0.05) is 29.5 Å². The number of hydrogen-bond acceptors (Lipinski definition) is 6. The molecule has 0 saturated carbocycles. The number of aryl methyl sites for hydroxylation is 1. The number of nitrogens with one attached hydrogen (secondary N) is 2. The van der Waals surface area contributed by atoms with Gasteiger partial charge >= 0.3 is 6.18 Å². The van der Waals surface area contributed by atoms with Gasteiger partial charge in [0.15, 0.2) is 0 Å². The first-order valence-electron chi connectivity index (χ1n) is 9.38. The topological polar surface area (TPSA) is 88.4 Å². The number of amides is 1. The van der Waals surface area contributed by atoms with Gasteiger partial charge in [0.1, 0.15) is 5.01 Å². The first kappa shape index (κ1) is 21.5. The second-order valence-corrected chi connectivity index (χ2v) is 7.99. The highest BCUT2D eigenvalue weighted by molar-refractivity contribution is 7.16. The van der Waals surface area contributed by atoms with Crippen molar-refractivity contribution < 1.29 is 18.0 Å². The number of halogens is 3. The normalized spacial score (nSPS) is 11.5. The van der Waals surface area contributed by atoms with E-state index in [1.54, 1.807) is 37.3 Å². The molecular weight excluding hydrogens is 443 g/mol. The third-order valence-electron chi connectivity index (χ3n) is 4.48. The lowest BCUT2D eigenvalue weighted by Gasteiger charge is -2.16. The van der Waals surface area contributed by atoms with Crippen molar-refractivity contribution in [2.24, 2.45) is 0 Å². The van der Waals surface area contributed by atoms with Crippen LogP contribution in [0.15, 0.2) is 59.4 Å². The molecule has 11 heteroatoms. The van der Waals surface area contributed by atoms with Crippen LogP contribution in [0.25, 0.3) is 4.96 Å². The van der Waals surface area contributed by atoms with E-state index in [1.165, 1.54) is 29.5 Å². The Balaban J connectivity index is 1.57. The SMILES string of the molecule is Cc1nn2c(=O)cc(CNc3ccc(NC(=O)c4ccccc4)cc3C(F)(F)F)nc2s1. The van der Waals surface area contributed by atoms with Crippen LogP contribution in [-0.2, 0) is 12.7 Å². The zero-order chi connectivity index (χ0) is 22.9. The molecule has 32 heavy (non-hydrogen) atoms. The van der Waals surface area contributed by atoms with Crippen LogP contribution in [0.1, 0.15) is 26.6 Å². The Hall–Kier alpha value is -3.73. The zero-order valence-electron chi connectivity index (χ0n) is 16.6. The van der Waals surface area contributed by atoms with Crippen molar-refractivity contribution in [3.8, 4) is 0 Å². The quantitative estimate of drug-likeness (QED) is 0.464. The molecule has 0 aliphatic heterocycles. The molecule has 7 nitrogen and oxygen atoms in total. The van der Waals surface area contributed by atoms with E-state index < -0.39 is 23.2 Å². The Morgan fingerprint density at radius 1 is 1.12 bits per heavy atom. The third kappa shape index (κ3) is 4.62. The highest BCUT2D eigenvalue weighted by Gasteiger charge is 2.34. The standard InChI is InChI=1S/C21H16F3N5O2S/c1-12-28-29-18(30)10-15(27-20(29)32-12)11-25-17-8-7-14(9-16(17)21(22,23)24)26-19(31)13-5-3-2-4-6-13/h2-10,25H,11H2,1H3,(H,26,31). The molecule has 0 spiro atoms. The molecule has 0 fully saturated rings. The van der Waals surface area contributed by atoms with E-state index in [9.17, 15) is 22.8 Å². The highest BCUT2D eigenvalue weighted by Crippen LogP contribution is 2.37. The predicted molar refractivity (Wildman–Crippen MR) is 115 cm³/mol. The van der Waals surface area contributed by atoms with Crippen LogP contribution in [0, 0.1) is 6.92 Å². The van der Waals surface area contributed by atoms with E-state index in [-0.39, 0.29) is 23.6 Å². The van der Waals surface area contributed by atoms with Crippen LogP contribution in [0.5, 0.6) is 0 Å². The van der Waals surface area contributed by atoms with Crippen LogP contribution in [0.4, 0.5) is 24.5 Å². The summed E-state index contributed by atoms with van der Waals surface area (Å²) in [5, 5.41) is 9.84. The molecule has 0 atom stereocenters. The first-order valence-corrected chi connectivity index (χ1v) is 10.2. The summed E-state index contributed by atoms with van der Waals surface area (Å²) in [5.74, 6) is -0.516. The molecule has 4 aromatic rings. The summed E-state index contributed by atoms with van der Waals surface area (Å²) < 4.78 is 42.1. The highest BCUT2D eigenvalue weighted by atomic mass is 32.1. The molecule has 0 radical (unpaired) electrons. The van der Waals surface area contributed by atoms with Gasteiger partial charge in [-0.25, -0.2) is 4.98 Å². The maximum atomic E-state index is 13.7. The summed E-state index contributed by atoms with van der Waals surface area (Å²) in [6.07, 6.45) is -4.67. The predicted octanol–water partition coefficient (Wildman–Crippen LogP) is 4.34. The number of anilines is 2. The van der Waals surface area contributed by atoms with Crippen LogP contribution >= 0.6 is 11.3 Å². The fourth-order valence-electron chi connectivity index (χ4n) is 3.03. The van der Waals surface area contributed by atoms with Crippen molar-refractivity contribution in [1.29, 1.82) is 0 Å². The molecule has 2 heterocycles. The van der Waals surface area contributed by atoms with Crippen LogP contribution in [0.3, 0.4) is 0 Å². The summed E-state index contributed by atoms with van der Waals surface area (Å²) in [7, 11) is 0. The fraction of sp³-hybridized carbons (Fsp3) is 0.143. The molecule has 4 rings (SSSR count). The minimum atomic E-state index is -4.67. The number of aromatic nitrogens is 3. The Morgan fingerprint density at radius 3 is 2.59 bits per heavy atom. The molecule has 1 amide bonds. The van der Waals surface area contributed by atoms with Gasteiger partial charge in [0.05, 0.1) is 17.8 Å². The molecule has 0 bridgehead atoms. The average Bonchev–Trinajstić information content (AvgIpc) is 3.13. The number of nitrogens with zero attached hydrogens (tertiary/aromatic N) is 3. The van der Waals surface area contributed by atoms with Gasteiger partial charge in [0.2, 0.25) is 4.96 Å². The summed E-state index contributed by atoms with van der Waals surface area (Å²) in [5.41, 5.74) is -0.934. The molecule has 0 saturated heterocycles. The lowest BCUT2D eigenvalue weighted by molar-refractivity contribution is -0.136. The monoisotopic (exact) mass is 459 g/mol. The van der Waals surface area contributed by atoms with E-state index in [0.29, 0.717) is 15.5 Å². The molecule has 0 unspecified atom stereocenters. The fourth-order valence-corrected chi connectivity index (χ4v) is 3.80. The van der Waals surface area contributed by atoms with Gasteiger partial charge in [-0.15, -0.1) is 0 Å². The van der Waals surface area contributed by atoms with Gasteiger partial charge in [-0.3, -0.25) is 9.59 Å². The average molecular weight is 459 g/mol. The molecule has 164 valence electrons. The van der Waals surface area contributed by atoms with E-state index in [0.717, 1.165) is 10.6 Å². The van der Waals surface area contributed by atoms with E-state index in [2.05, 4.69) is 20.7 Å². The van der Waals surface area contributed by atoms with Gasteiger partial charge < -0.3 is 10.6 Å². The molecule has 2 aromatic heterocycles. The Morgan fingerprint density at radius 2 is 1.88 bits per heavy atom. The number of carbonyl (C=O) groups is 1. The van der Waals surface area contributed by atoms with Crippen molar-refractivity contribution in [3.05, 3.63) is 86.8 Å². The summed E-state index contributed by atoms with van der Waals surface area (Å²) in [6, 6.07) is 12.9. The Labute approximate surface area is 183 Å². The van der Waals surface area contributed by atoms with Crippen molar-refractivity contribution >= 4 is 33.6 Å². The summed E-state index contributed by atoms with van der Waals surface area (Å²) in [4.78, 5) is 29.0. The van der Waals surface area contributed by atoms with Crippen LogP contribution in [0.2, 0.25) is 0 Å². The first-order chi connectivity index (χ1) is 15.2. The van der Waals surface area contributed by atoms with Gasteiger partial charge in [-0.2, -0.15) is 22.8 Å². The van der Waals surface area contributed by atoms with E-state index in [4.69, 9.17) is 0 Å². The zero-order valence-corrected chi connectivity index (χ0v) is 17.4. The number of fused-ring (bicyclic) bond motifs is 1. The van der Waals surface area contributed by atoms with Crippen molar-refractivity contribution in [2.75, 3.05) is 10.6 Å². The van der Waals surface area contributed by atoms with Gasteiger partial charge in [0, 0.05) is 23.0 Å². The van der Waals surface area contributed by atoms with Crippen molar-refractivity contribution in [3.63, 3.8) is 0 Å². The number of carbonyl (C=O) groups excluding carboxylic acids is 1. The van der Waals surface area contributed by atoms with E-state index >= 15 is 0 Å². The van der Waals surface area contributed by atoms with Gasteiger partial charge in [-0.05, 0) is 37.3 Å². The smallest absolute Gasteiger partial charge is 0.379 e. The summed E-state index contributed by atoms with van der Waals surface area (Å²) >= 11 is 1.21. The molecular formula is C21H16F3N5O2S. The van der Waals surface area contributed by atoms with Gasteiger partial charge in [0.25, 0.3) is 11.5 Å². The second-order valence-electron chi connectivity index (χ2n) is 6.83. The number of alkyl halides is 3. The molecule has 2 N–H and O–H groups in total. The molecule has 0 aliphatic rings. The maximum Gasteiger partial charge on any atom is 0.418 e. The summed E-state index contributed by atoms with van der Waals surface area (Å²) in [6.45, 7) is 1.63. The Kier molecular flexibility index (Phi) is 5.66. The molecule has 0 aliphatic carbocycles. The van der Waals surface area contributed by atoms with E-state index in [1.807, 2.05) is 0 Å². The third-order valence-corrected chi connectivity index (χ3v) is 5.30. The number of benzene rings is 2. The second kappa shape index (κ2) is 8.42. The lowest BCUT2D eigenvalue weighted by Crippen LogP contribution is -2.18.